The lowest BCUT2D eigenvalue weighted by Crippen LogP contribution is -2.01. The number of aromatic nitrogens is 1. The van der Waals surface area contributed by atoms with E-state index in [9.17, 15) is 13.2 Å². The normalized spacial score (nSPS) is 11.3. The predicted molar refractivity (Wildman–Crippen MR) is 73.2 cm³/mol. The van der Waals surface area contributed by atoms with Gasteiger partial charge in [-0.1, -0.05) is 0 Å². The van der Waals surface area contributed by atoms with Crippen LogP contribution >= 0.6 is 0 Å². The summed E-state index contributed by atoms with van der Waals surface area (Å²) < 4.78 is 33.1. The van der Waals surface area contributed by atoms with Crippen LogP contribution in [0.25, 0.3) is 11.5 Å². The summed E-state index contributed by atoms with van der Waals surface area (Å²) in [4.78, 5) is 15.0. The Morgan fingerprint density at radius 1 is 1.33 bits per heavy atom. The number of oxazole rings is 1. The lowest BCUT2D eigenvalue weighted by molar-refractivity contribution is 0.0683. The van der Waals surface area contributed by atoms with Crippen LogP contribution in [-0.4, -0.2) is 37.3 Å². The molecule has 2 aromatic rings. The van der Waals surface area contributed by atoms with Gasteiger partial charge < -0.3 is 14.3 Å². The number of benzene rings is 1. The number of nitrogens with zero attached hydrogens (tertiary/aromatic N) is 1. The van der Waals surface area contributed by atoms with Crippen molar-refractivity contribution < 1.29 is 27.5 Å². The minimum Gasteiger partial charge on any atom is -0.476 e. The second kappa shape index (κ2) is 5.57. The Bertz CT molecular complexity index is 760. The molecule has 8 heteroatoms. The van der Waals surface area contributed by atoms with E-state index in [2.05, 4.69) is 4.98 Å². The van der Waals surface area contributed by atoms with Gasteiger partial charge in [0, 0.05) is 11.8 Å². The molecule has 0 spiro atoms. The largest absolute Gasteiger partial charge is 0.476 e. The van der Waals surface area contributed by atoms with E-state index in [-0.39, 0.29) is 29.0 Å². The van der Waals surface area contributed by atoms with Crippen LogP contribution in [0.1, 0.15) is 17.4 Å². The first-order chi connectivity index (χ1) is 9.82. The number of aromatic carboxylic acids is 1. The first kappa shape index (κ1) is 15.0. The molecule has 0 amide bonds. The van der Waals surface area contributed by atoms with E-state index >= 15 is 0 Å². The monoisotopic (exact) mass is 311 g/mol. The molecule has 21 heavy (non-hydrogen) atoms. The van der Waals surface area contributed by atoms with Gasteiger partial charge in [-0.3, -0.25) is 0 Å². The van der Waals surface area contributed by atoms with Crippen molar-refractivity contribution in [3.8, 4) is 17.4 Å². The third kappa shape index (κ3) is 3.22. The maximum atomic E-state index is 11.4. The van der Waals surface area contributed by atoms with Crippen molar-refractivity contribution in [2.75, 3.05) is 12.9 Å². The number of hydrogen-bond donors (Lipinski definition) is 1. The Morgan fingerprint density at radius 2 is 1.95 bits per heavy atom. The zero-order valence-electron chi connectivity index (χ0n) is 11.4. The van der Waals surface area contributed by atoms with Crippen molar-refractivity contribution >= 4 is 15.8 Å². The summed E-state index contributed by atoms with van der Waals surface area (Å²) in [6.07, 6.45) is 1.10. The lowest BCUT2D eigenvalue weighted by Gasteiger charge is -1.99. The topological polar surface area (TPSA) is 107 Å². The molecule has 7 nitrogen and oxygen atoms in total. The van der Waals surface area contributed by atoms with Crippen molar-refractivity contribution in [3.63, 3.8) is 0 Å². The van der Waals surface area contributed by atoms with Crippen molar-refractivity contribution in [1.82, 2.24) is 4.98 Å². The molecule has 0 aliphatic carbocycles. The predicted octanol–water partition coefficient (Wildman–Crippen LogP) is 1.84. The maximum absolute atomic E-state index is 11.4. The van der Waals surface area contributed by atoms with Gasteiger partial charge in [-0.25, -0.2) is 13.2 Å². The summed E-state index contributed by atoms with van der Waals surface area (Å²) in [5.41, 5.74) is 0.134. The third-order valence-electron chi connectivity index (χ3n) is 2.60. The van der Waals surface area contributed by atoms with Crippen LogP contribution in [0, 0.1) is 0 Å². The van der Waals surface area contributed by atoms with E-state index in [1.54, 1.807) is 6.92 Å². The maximum Gasteiger partial charge on any atom is 0.362 e. The Hall–Kier alpha value is -2.35. The van der Waals surface area contributed by atoms with E-state index in [1.165, 1.54) is 24.3 Å². The summed E-state index contributed by atoms with van der Waals surface area (Å²) >= 11 is 0. The summed E-state index contributed by atoms with van der Waals surface area (Å²) in [7, 11) is -3.30. The van der Waals surface area contributed by atoms with Gasteiger partial charge in [-0.2, -0.15) is 4.98 Å². The molecule has 0 unspecified atom stereocenters. The van der Waals surface area contributed by atoms with Gasteiger partial charge >= 0.3 is 11.9 Å². The number of carboxylic acid groups (broad SMARTS) is 1. The standard InChI is InChI=1S/C13H13NO6S/c1-3-19-13-10(12(15)16)14-11(20-13)8-4-6-9(7-5-8)21(2,17)18/h4-7H,3H2,1-2H3,(H,15,16). The van der Waals surface area contributed by atoms with Crippen molar-refractivity contribution in [3.05, 3.63) is 30.0 Å². The van der Waals surface area contributed by atoms with E-state index < -0.39 is 15.8 Å². The Balaban J connectivity index is 2.42. The van der Waals surface area contributed by atoms with E-state index in [0.29, 0.717) is 5.56 Å². The first-order valence-electron chi connectivity index (χ1n) is 6.00. The molecule has 1 aromatic heterocycles. The summed E-state index contributed by atoms with van der Waals surface area (Å²) in [5, 5.41) is 9.02. The number of carboxylic acids is 1. The van der Waals surface area contributed by atoms with Crippen LogP contribution in [-0.2, 0) is 9.84 Å². The van der Waals surface area contributed by atoms with Crippen LogP contribution in [0.15, 0.2) is 33.6 Å². The van der Waals surface area contributed by atoms with Gasteiger partial charge in [0.05, 0.1) is 11.5 Å². The molecule has 2 rings (SSSR count). The summed E-state index contributed by atoms with van der Waals surface area (Å²) in [6, 6.07) is 5.78. The minimum atomic E-state index is -3.30. The fourth-order valence-corrected chi connectivity index (χ4v) is 2.27. The number of rotatable bonds is 5. The molecule has 0 fully saturated rings. The molecule has 0 aliphatic heterocycles. The molecule has 0 aliphatic rings. The Labute approximate surface area is 121 Å². The summed E-state index contributed by atoms with van der Waals surface area (Å²) in [6.45, 7) is 1.93. The fraction of sp³-hybridized carbons (Fsp3) is 0.231. The van der Waals surface area contributed by atoms with Crippen LogP contribution in [0.3, 0.4) is 0 Å². The molecule has 0 saturated heterocycles. The average Bonchev–Trinajstić information content (AvgIpc) is 2.82. The van der Waals surface area contributed by atoms with Gasteiger partial charge in [0.1, 0.15) is 0 Å². The highest BCUT2D eigenvalue weighted by Crippen LogP contribution is 2.28. The minimum absolute atomic E-state index is 0.0518. The highest BCUT2D eigenvalue weighted by Gasteiger charge is 2.21. The van der Waals surface area contributed by atoms with Crippen LogP contribution in [0.2, 0.25) is 0 Å². The Morgan fingerprint density at radius 3 is 2.43 bits per heavy atom. The molecule has 0 bridgehead atoms. The first-order valence-corrected chi connectivity index (χ1v) is 7.89. The van der Waals surface area contributed by atoms with Gasteiger partial charge in [0.2, 0.25) is 11.6 Å². The third-order valence-corrected chi connectivity index (χ3v) is 3.73. The van der Waals surface area contributed by atoms with Gasteiger partial charge in [-0.15, -0.1) is 0 Å². The molecule has 1 N–H and O–H groups in total. The smallest absolute Gasteiger partial charge is 0.362 e. The van der Waals surface area contributed by atoms with E-state index in [1.807, 2.05) is 0 Å². The van der Waals surface area contributed by atoms with Crippen molar-refractivity contribution in [1.29, 1.82) is 0 Å². The molecule has 0 atom stereocenters. The second-order valence-electron chi connectivity index (χ2n) is 4.19. The second-order valence-corrected chi connectivity index (χ2v) is 6.21. The highest BCUT2D eigenvalue weighted by atomic mass is 32.2. The molecule has 1 aromatic carbocycles. The fourth-order valence-electron chi connectivity index (χ4n) is 1.64. The van der Waals surface area contributed by atoms with Crippen LogP contribution in [0.5, 0.6) is 5.95 Å². The molecule has 0 saturated carbocycles. The average molecular weight is 311 g/mol. The van der Waals surface area contributed by atoms with Gasteiger partial charge in [0.15, 0.2) is 9.84 Å². The molecule has 1 heterocycles. The number of ether oxygens (including phenoxy) is 1. The SMILES string of the molecule is CCOc1oc(-c2ccc(S(C)(=O)=O)cc2)nc1C(=O)O. The van der Waals surface area contributed by atoms with E-state index in [0.717, 1.165) is 6.26 Å². The van der Waals surface area contributed by atoms with Crippen molar-refractivity contribution in [2.45, 2.75) is 11.8 Å². The quantitative estimate of drug-likeness (QED) is 0.897. The Kier molecular flexibility index (Phi) is 3.99. The van der Waals surface area contributed by atoms with Crippen molar-refractivity contribution in [2.24, 2.45) is 0 Å². The number of hydrogen-bond acceptors (Lipinski definition) is 6. The van der Waals surface area contributed by atoms with Gasteiger partial charge in [0.25, 0.3) is 0 Å². The molecular formula is C13H13NO6S. The van der Waals surface area contributed by atoms with Crippen LogP contribution < -0.4 is 4.74 Å². The lowest BCUT2D eigenvalue weighted by atomic mass is 10.2. The van der Waals surface area contributed by atoms with Gasteiger partial charge in [-0.05, 0) is 31.2 Å². The summed E-state index contributed by atoms with van der Waals surface area (Å²) in [5.74, 6) is -1.38. The highest BCUT2D eigenvalue weighted by molar-refractivity contribution is 7.90. The zero-order valence-corrected chi connectivity index (χ0v) is 12.2. The van der Waals surface area contributed by atoms with E-state index in [4.69, 9.17) is 14.3 Å². The molecule has 0 radical (unpaired) electrons. The molecule has 112 valence electrons. The number of sulfone groups is 1. The number of carbonyl (C=O) groups is 1. The zero-order chi connectivity index (χ0) is 15.6. The molecular weight excluding hydrogens is 298 g/mol. The van der Waals surface area contributed by atoms with Crippen LogP contribution in [0.4, 0.5) is 0 Å².